The second-order valence-corrected chi connectivity index (χ2v) is 7.75. The molecule has 0 radical (unpaired) electrons. The van der Waals surface area contributed by atoms with Crippen molar-refractivity contribution in [1.29, 1.82) is 0 Å². The molecule has 2 aromatic heterocycles. The zero-order valence-electron chi connectivity index (χ0n) is 14.8. The van der Waals surface area contributed by atoms with Gasteiger partial charge in [-0.25, -0.2) is 4.98 Å². The van der Waals surface area contributed by atoms with E-state index in [0.717, 1.165) is 22.1 Å². The van der Waals surface area contributed by atoms with Gasteiger partial charge in [-0.15, -0.1) is 11.3 Å². The van der Waals surface area contributed by atoms with Gasteiger partial charge in [0.2, 0.25) is 11.8 Å². The first kappa shape index (κ1) is 18.6. The molecule has 28 heavy (non-hydrogen) atoms. The summed E-state index contributed by atoms with van der Waals surface area (Å²) in [5.41, 5.74) is 2.34. The van der Waals surface area contributed by atoms with Gasteiger partial charge in [-0.2, -0.15) is 0 Å². The number of halogens is 1. The van der Waals surface area contributed by atoms with Gasteiger partial charge in [-0.1, -0.05) is 17.7 Å². The van der Waals surface area contributed by atoms with Crippen molar-refractivity contribution >= 4 is 40.4 Å². The van der Waals surface area contributed by atoms with Crippen molar-refractivity contribution < 1.29 is 9.59 Å². The lowest BCUT2D eigenvalue weighted by Crippen LogP contribution is -2.32. The van der Waals surface area contributed by atoms with Crippen molar-refractivity contribution in [2.24, 2.45) is 5.92 Å². The van der Waals surface area contributed by atoms with Crippen LogP contribution in [0.2, 0.25) is 5.02 Å². The summed E-state index contributed by atoms with van der Waals surface area (Å²) >= 11 is 7.39. The molecule has 6 nitrogen and oxygen atoms in total. The van der Waals surface area contributed by atoms with Gasteiger partial charge < -0.3 is 10.2 Å². The molecule has 1 atom stereocenters. The SMILES string of the molecule is O=C(NCc1csc(-c2ccccn2)n1)C1CC(=O)N(c2ccc(Cl)cc2)C1. The topological polar surface area (TPSA) is 75.2 Å². The quantitative estimate of drug-likeness (QED) is 0.695. The number of amides is 2. The number of rotatable bonds is 5. The maximum Gasteiger partial charge on any atom is 0.227 e. The standard InChI is InChI=1S/C20H17ClN4O2S/c21-14-4-6-16(7-5-14)25-11-13(9-18(25)26)19(27)23-10-15-12-28-20(24-15)17-3-1-2-8-22-17/h1-8,12-13H,9-11H2,(H,23,27). The maximum atomic E-state index is 12.5. The Hall–Kier alpha value is -2.77. The summed E-state index contributed by atoms with van der Waals surface area (Å²) in [4.78, 5) is 35.3. The van der Waals surface area contributed by atoms with Gasteiger partial charge in [0.25, 0.3) is 0 Å². The van der Waals surface area contributed by atoms with Crippen LogP contribution in [0.3, 0.4) is 0 Å². The van der Waals surface area contributed by atoms with Crippen molar-refractivity contribution in [3.8, 4) is 10.7 Å². The molecule has 1 aliphatic heterocycles. The highest BCUT2D eigenvalue weighted by atomic mass is 35.5. The number of benzene rings is 1. The normalized spacial score (nSPS) is 16.4. The molecule has 2 amide bonds. The van der Waals surface area contributed by atoms with E-state index in [-0.39, 0.29) is 24.2 Å². The first-order chi connectivity index (χ1) is 13.6. The van der Waals surface area contributed by atoms with Gasteiger partial charge in [-0.05, 0) is 36.4 Å². The average Bonchev–Trinajstić information content (AvgIpc) is 3.34. The molecule has 1 saturated heterocycles. The number of aromatic nitrogens is 2. The molecule has 3 heterocycles. The Morgan fingerprint density at radius 3 is 2.82 bits per heavy atom. The molecule has 0 spiro atoms. The molecular weight excluding hydrogens is 396 g/mol. The lowest BCUT2D eigenvalue weighted by molar-refractivity contribution is -0.126. The lowest BCUT2D eigenvalue weighted by atomic mass is 10.1. The Kier molecular flexibility index (Phi) is 5.36. The third kappa shape index (κ3) is 4.05. The van der Waals surface area contributed by atoms with Gasteiger partial charge in [0.05, 0.1) is 23.9 Å². The van der Waals surface area contributed by atoms with Crippen LogP contribution in [0.5, 0.6) is 0 Å². The third-order valence-corrected chi connectivity index (χ3v) is 5.68. The van der Waals surface area contributed by atoms with Gasteiger partial charge in [-0.3, -0.25) is 14.6 Å². The minimum atomic E-state index is -0.378. The lowest BCUT2D eigenvalue weighted by Gasteiger charge is -2.16. The van der Waals surface area contributed by atoms with Crippen LogP contribution < -0.4 is 10.2 Å². The molecule has 0 bridgehead atoms. The van der Waals surface area contributed by atoms with E-state index in [1.54, 1.807) is 35.4 Å². The number of hydrogen-bond acceptors (Lipinski definition) is 5. The van der Waals surface area contributed by atoms with E-state index in [4.69, 9.17) is 11.6 Å². The number of hydrogen-bond donors (Lipinski definition) is 1. The van der Waals surface area contributed by atoms with Crippen molar-refractivity contribution in [3.05, 3.63) is 64.8 Å². The average molecular weight is 413 g/mol. The molecular formula is C20H17ClN4O2S. The molecule has 1 aromatic carbocycles. The van der Waals surface area contributed by atoms with E-state index >= 15 is 0 Å². The number of nitrogens with one attached hydrogen (secondary N) is 1. The molecule has 0 aliphatic carbocycles. The van der Waals surface area contributed by atoms with Crippen molar-refractivity contribution in [1.82, 2.24) is 15.3 Å². The third-order valence-electron chi connectivity index (χ3n) is 4.51. The van der Waals surface area contributed by atoms with Crippen LogP contribution in [0.15, 0.2) is 54.0 Å². The van der Waals surface area contributed by atoms with E-state index < -0.39 is 0 Å². The van der Waals surface area contributed by atoms with Gasteiger partial charge in [0.1, 0.15) is 5.01 Å². The van der Waals surface area contributed by atoms with E-state index in [0.29, 0.717) is 18.1 Å². The number of carbonyl (C=O) groups is 2. The fourth-order valence-corrected chi connectivity index (χ4v) is 3.99. The minimum Gasteiger partial charge on any atom is -0.350 e. The molecule has 1 unspecified atom stereocenters. The molecule has 8 heteroatoms. The highest BCUT2D eigenvalue weighted by molar-refractivity contribution is 7.13. The predicted octanol–water partition coefficient (Wildman–Crippen LogP) is 3.53. The summed E-state index contributed by atoms with van der Waals surface area (Å²) in [5.74, 6) is -0.581. The summed E-state index contributed by atoms with van der Waals surface area (Å²) < 4.78 is 0. The number of nitrogens with zero attached hydrogens (tertiary/aromatic N) is 3. The smallest absolute Gasteiger partial charge is 0.227 e. The zero-order valence-corrected chi connectivity index (χ0v) is 16.4. The summed E-state index contributed by atoms with van der Waals surface area (Å²) in [6, 6.07) is 12.7. The molecule has 1 N–H and O–H groups in total. The van der Waals surface area contributed by atoms with E-state index in [1.807, 2.05) is 23.6 Å². The second kappa shape index (κ2) is 8.08. The molecule has 1 aliphatic rings. The molecule has 4 rings (SSSR count). The minimum absolute atomic E-state index is 0.0615. The Morgan fingerprint density at radius 2 is 2.07 bits per heavy atom. The van der Waals surface area contributed by atoms with Crippen LogP contribution in [0, 0.1) is 5.92 Å². The Morgan fingerprint density at radius 1 is 1.25 bits per heavy atom. The highest BCUT2D eigenvalue weighted by Gasteiger charge is 2.35. The number of carbonyl (C=O) groups excluding carboxylic acids is 2. The summed E-state index contributed by atoms with van der Waals surface area (Å²) in [7, 11) is 0. The van der Waals surface area contributed by atoms with Gasteiger partial charge in [0.15, 0.2) is 0 Å². The number of pyridine rings is 1. The van der Waals surface area contributed by atoms with Crippen molar-refractivity contribution in [2.45, 2.75) is 13.0 Å². The highest BCUT2D eigenvalue weighted by Crippen LogP contribution is 2.26. The van der Waals surface area contributed by atoms with Crippen molar-refractivity contribution in [3.63, 3.8) is 0 Å². The summed E-state index contributed by atoms with van der Waals surface area (Å²) in [6.45, 7) is 0.691. The molecule has 1 fully saturated rings. The van der Waals surface area contributed by atoms with E-state index in [9.17, 15) is 9.59 Å². The summed E-state index contributed by atoms with van der Waals surface area (Å²) in [5, 5.41) is 6.22. The maximum absolute atomic E-state index is 12.5. The van der Waals surface area contributed by atoms with E-state index in [1.165, 1.54) is 11.3 Å². The number of thiazole rings is 1. The Balaban J connectivity index is 1.35. The number of anilines is 1. The van der Waals surface area contributed by atoms with Crippen LogP contribution in [0.25, 0.3) is 10.7 Å². The molecule has 142 valence electrons. The first-order valence-electron chi connectivity index (χ1n) is 8.79. The van der Waals surface area contributed by atoms with Crippen LogP contribution in [0.1, 0.15) is 12.1 Å². The van der Waals surface area contributed by atoms with Crippen LogP contribution in [-0.4, -0.2) is 28.3 Å². The van der Waals surface area contributed by atoms with Crippen LogP contribution in [0.4, 0.5) is 5.69 Å². The van der Waals surface area contributed by atoms with Crippen LogP contribution >= 0.6 is 22.9 Å². The Labute approximate surface area is 171 Å². The van der Waals surface area contributed by atoms with E-state index in [2.05, 4.69) is 15.3 Å². The monoisotopic (exact) mass is 412 g/mol. The zero-order chi connectivity index (χ0) is 19.5. The predicted molar refractivity (Wildman–Crippen MR) is 109 cm³/mol. The molecule has 3 aromatic rings. The first-order valence-corrected chi connectivity index (χ1v) is 10.1. The van der Waals surface area contributed by atoms with Gasteiger partial charge in [0, 0.05) is 35.3 Å². The van der Waals surface area contributed by atoms with Gasteiger partial charge >= 0.3 is 0 Å². The fourth-order valence-electron chi connectivity index (χ4n) is 3.07. The van der Waals surface area contributed by atoms with Crippen molar-refractivity contribution in [2.75, 3.05) is 11.4 Å². The molecule has 0 saturated carbocycles. The van der Waals surface area contributed by atoms with Crippen LogP contribution in [-0.2, 0) is 16.1 Å². The fraction of sp³-hybridized carbons (Fsp3) is 0.200. The Bertz CT molecular complexity index is 991. The second-order valence-electron chi connectivity index (χ2n) is 6.46. The summed E-state index contributed by atoms with van der Waals surface area (Å²) in [6.07, 6.45) is 1.92. The largest absolute Gasteiger partial charge is 0.350 e.